The number of aromatic nitrogens is 3. The molecule has 0 radical (unpaired) electrons. The highest BCUT2D eigenvalue weighted by Gasteiger charge is 2.11. The lowest BCUT2D eigenvalue weighted by atomic mass is 10.1. The van der Waals surface area contributed by atoms with Crippen LogP contribution in [0.5, 0.6) is 0 Å². The molecule has 2 heterocycles. The number of nitrogens with one attached hydrogen (secondary N) is 1. The highest BCUT2D eigenvalue weighted by molar-refractivity contribution is 5.54. The molecule has 0 amide bonds. The van der Waals surface area contributed by atoms with E-state index < -0.39 is 0 Å². The first kappa shape index (κ1) is 17.6. The van der Waals surface area contributed by atoms with E-state index in [4.69, 9.17) is 4.74 Å². The van der Waals surface area contributed by atoms with E-state index in [1.165, 1.54) is 22.4 Å². The fraction of sp³-hybridized carbons (Fsp3) is 0.300. The molecule has 0 bridgehead atoms. The first-order chi connectivity index (χ1) is 13.2. The normalized spacial score (nSPS) is 15.1. The molecule has 1 N–H and O–H groups in total. The predicted molar refractivity (Wildman–Crippen MR) is 101 cm³/mol. The van der Waals surface area contributed by atoms with Crippen molar-refractivity contribution in [1.29, 1.82) is 0 Å². The monoisotopic (exact) mass is 368 g/mol. The third kappa shape index (κ3) is 4.15. The van der Waals surface area contributed by atoms with Crippen LogP contribution in [0.15, 0.2) is 53.3 Å². The molecule has 0 spiro atoms. The summed E-state index contributed by atoms with van der Waals surface area (Å²) in [5, 5.41) is 4.30. The SMILES string of the molecule is O=c1[nH]c(-c2cccc(F)c2)nn1-c1ccc(CCN2CCOCC2)cc1. The molecule has 0 saturated carbocycles. The Morgan fingerprint density at radius 3 is 2.63 bits per heavy atom. The van der Waals surface area contributed by atoms with Gasteiger partial charge in [-0.3, -0.25) is 9.88 Å². The summed E-state index contributed by atoms with van der Waals surface area (Å²) >= 11 is 0. The Morgan fingerprint density at radius 2 is 1.89 bits per heavy atom. The zero-order valence-corrected chi connectivity index (χ0v) is 14.9. The lowest BCUT2D eigenvalue weighted by Crippen LogP contribution is -2.37. The molecule has 1 aromatic heterocycles. The molecule has 2 aromatic carbocycles. The quantitative estimate of drug-likeness (QED) is 0.750. The number of halogens is 1. The first-order valence-electron chi connectivity index (χ1n) is 9.04. The third-order valence-electron chi connectivity index (χ3n) is 4.72. The summed E-state index contributed by atoms with van der Waals surface area (Å²) in [5.41, 5.74) is 2.07. The van der Waals surface area contributed by atoms with Crippen molar-refractivity contribution in [2.75, 3.05) is 32.8 Å². The maximum absolute atomic E-state index is 13.4. The molecule has 4 rings (SSSR count). The van der Waals surface area contributed by atoms with E-state index >= 15 is 0 Å². The summed E-state index contributed by atoms with van der Waals surface area (Å²) < 4.78 is 20.1. The fourth-order valence-corrected chi connectivity index (χ4v) is 3.18. The van der Waals surface area contributed by atoms with E-state index in [9.17, 15) is 9.18 Å². The second kappa shape index (κ2) is 7.85. The molecule has 3 aromatic rings. The van der Waals surface area contributed by atoms with Crippen LogP contribution >= 0.6 is 0 Å². The number of hydrogen-bond acceptors (Lipinski definition) is 4. The van der Waals surface area contributed by atoms with Crippen molar-refractivity contribution in [2.24, 2.45) is 0 Å². The van der Waals surface area contributed by atoms with Gasteiger partial charge in [0, 0.05) is 25.2 Å². The second-order valence-corrected chi connectivity index (χ2v) is 6.57. The van der Waals surface area contributed by atoms with Crippen LogP contribution in [0.25, 0.3) is 17.1 Å². The van der Waals surface area contributed by atoms with Gasteiger partial charge in [-0.2, -0.15) is 4.68 Å². The zero-order chi connectivity index (χ0) is 18.6. The van der Waals surface area contributed by atoms with Crippen LogP contribution in [0.1, 0.15) is 5.56 Å². The molecule has 6 nitrogen and oxygen atoms in total. The maximum atomic E-state index is 13.4. The molecule has 27 heavy (non-hydrogen) atoms. The molecular weight excluding hydrogens is 347 g/mol. The van der Waals surface area contributed by atoms with Crippen molar-refractivity contribution in [3.8, 4) is 17.1 Å². The van der Waals surface area contributed by atoms with Gasteiger partial charge in [-0.25, -0.2) is 9.18 Å². The highest BCUT2D eigenvalue weighted by atomic mass is 19.1. The number of H-pyrrole nitrogens is 1. The molecule has 1 saturated heterocycles. The van der Waals surface area contributed by atoms with Crippen LogP contribution in [-0.2, 0) is 11.2 Å². The Morgan fingerprint density at radius 1 is 1.11 bits per heavy atom. The number of morpholine rings is 1. The lowest BCUT2D eigenvalue weighted by Gasteiger charge is -2.26. The van der Waals surface area contributed by atoms with E-state index in [0.29, 0.717) is 17.1 Å². The maximum Gasteiger partial charge on any atom is 0.348 e. The summed E-state index contributed by atoms with van der Waals surface area (Å²) in [7, 11) is 0. The Bertz CT molecular complexity index is 959. The standard InChI is InChI=1S/C20H21FN4O2/c21-17-3-1-2-16(14-17)19-22-20(26)25(23-19)18-6-4-15(5-7-18)8-9-24-10-12-27-13-11-24/h1-7,14H,8-13H2,(H,22,23,26). The molecule has 1 fully saturated rings. The van der Waals surface area contributed by atoms with Crippen molar-refractivity contribution >= 4 is 0 Å². The van der Waals surface area contributed by atoms with E-state index in [2.05, 4.69) is 15.0 Å². The van der Waals surface area contributed by atoms with Crippen molar-refractivity contribution in [1.82, 2.24) is 19.7 Å². The van der Waals surface area contributed by atoms with Gasteiger partial charge in [0.25, 0.3) is 0 Å². The van der Waals surface area contributed by atoms with Crippen LogP contribution in [0.2, 0.25) is 0 Å². The van der Waals surface area contributed by atoms with E-state index in [-0.39, 0.29) is 11.5 Å². The molecule has 0 unspecified atom stereocenters. The highest BCUT2D eigenvalue weighted by Crippen LogP contribution is 2.16. The Labute approximate surface area is 156 Å². The summed E-state index contributed by atoms with van der Waals surface area (Å²) in [6.45, 7) is 4.55. The Balaban J connectivity index is 1.48. The summed E-state index contributed by atoms with van der Waals surface area (Å²) in [6.07, 6.45) is 0.949. The number of benzene rings is 2. The van der Waals surface area contributed by atoms with Crippen molar-refractivity contribution in [3.05, 3.63) is 70.4 Å². The number of ether oxygens (including phenoxy) is 1. The van der Waals surface area contributed by atoms with Crippen molar-refractivity contribution in [2.45, 2.75) is 6.42 Å². The summed E-state index contributed by atoms with van der Waals surface area (Å²) in [4.78, 5) is 17.3. The predicted octanol–water partition coefficient (Wildman–Crippen LogP) is 2.24. The number of rotatable bonds is 5. The van der Waals surface area contributed by atoms with Gasteiger partial charge in [0.05, 0.1) is 18.9 Å². The van der Waals surface area contributed by atoms with Gasteiger partial charge >= 0.3 is 5.69 Å². The van der Waals surface area contributed by atoms with Crippen LogP contribution in [0.3, 0.4) is 0 Å². The lowest BCUT2D eigenvalue weighted by molar-refractivity contribution is 0.0384. The zero-order valence-electron chi connectivity index (χ0n) is 14.9. The fourth-order valence-electron chi connectivity index (χ4n) is 3.18. The van der Waals surface area contributed by atoms with Crippen LogP contribution in [-0.4, -0.2) is 52.5 Å². The van der Waals surface area contributed by atoms with Crippen LogP contribution in [0.4, 0.5) is 4.39 Å². The molecule has 1 aliphatic rings. The molecule has 140 valence electrons. The minimum Gasteiger partial charge on any atom is -0.379 e. The summed E-state index contributed by atoms with van der Waals surface area (Å²) in [6, 6.07) is 13.8. The van der Waals surface area contributed by atoms with Crippen LogP contribution < -0.4 is 5.69 Å². The van der Waals surface area contributed by atoms with Crippen LogP contribution in [0, 0.1) is 5.82 Å². The smallest absolute Gasteiger partial charge is 0.348 e. The van der Waals surface area contributed by atoms with E-state index in [1.54, 1.807) is 12.1 Å². The summed E-state index contributed by atoms with van der Waals surface area (Å²) in [5.74, 6) is -0.0246. The number of nitrogens with zero attached hydrogens (tertiary/aromatic N) is 3. The third-order valence-corrected chi connectivity index (χ3v) is 4.72. The first-order valence-corrected chi connectivity index (χ1v) is 9.04. The van der Waals surface area contributed by atoms with Gasteiger partial charge in [0.1, 0.15) is 5.82 Å². The molecule has 0 aliphatic carbocycles. The van der Waals surface area contributed by atoms with Crippen molar-refractivity contribution in [3.63, 3.8) is 0 Å². The van der Waals surface area contributed by atoms with Gasteiger partial charge < -0.3 is 4.74 Å². The second-order valence-electron chi connectivity index (χ2n) is 6.57. The van der Waals surface area contributed by atoms with E-state index in [1.807, 2.05) is 24.3 Å². The van der Waals surface area contributed by atoms with Gasteiger partial charge in [0.15, 0.2) is 5.82 Å². The van der Waals surface area contributed by atoms with Gasteiger partial charge in [-0.15, -0.1) is 5.10 Å². The van der Waals surface area contributed by atoms with Gasteiger partial charge in [0.2, 0.25) is 0 Å². The Hall–Kier alpha value is -2.77. The minimum atomic E-state index is -0.368. The Kier molecular flexibility index (Phi) is 5.13. The molecule has 7 heteroatoms. The average molecular weight is 368 g/mol. The number of aromatic amines is 1. The average Bonchev–Trinajstić information content (AvgIpc) is 3.09. The van der Waals surface area contributed by atoms with E-state index in [0.717, 1.165) is 39.3 Å². The minimum absolute atomic E-state index is 0.343. The van der Waals surface area contributed by atoms with Gasteiger partial charge in [-0.1, -0.05) is 24.3 Å². The largest absolute Gasteiger partial charge is 0.379 e. The van der Waals surface area contributed by atoms with Crippen molar-refractivity contribution < 1.29 is 9.13 Å². The molecule has 0 atom stereocenters. The topological polar surface area (TPSA) is 63.2 Å². The molecular formula is C20H21FN4O2. The van der Waals surface area contributed by atoms with Gasteiger partial charge in [-0.05, 0) is 36.2 Å². The molecule has 1 aliphatic heterocycles. The number of hydrogen-bond donors (Lipinski definition) is 1.